The van der Waals surface area contributed by atoms with Crippen molar-refractivity contribution in [2.24, 2.45) is 5.73 Å². The van der Waals surface area contributed by atoms with Crippen LogP contribution in [0, 0.1) is 5.82 Å². The zero-order valence-electron chi connectivity index (χ0n) is 13.9. The molecule has 0 unspecified atom stereocenters. The van der Waals surface area contributed by atoms with Crippen LogP contribution in [-0.4, -0.2) is 58.8 Å². The molecule has 7 nitrogen and oxygen atoms in total. The van der Waals surface area contributed by atoms with Crippen LogP contribution in [0.25, 0.3) is 0 Å². The summed E-state index contributed by atoms with van der Waals surface area (Å²) in [5.41, 5.74) is 5.93. The lowest BCUT2D eigenvalue weighted by molar-refractivity contribution is -0.130. The highest BCUT2D eigenvalue weighted by Crippen LogP contribution is 2.28. The molecule has 138 valence electrons. The molecule has 0 spiro atoms. The molecule has 3 rings (SSSR count). The predicted octanol–water partition coefficient (Wildman–Crippen LogP) is 1.15. The molecule has 0 atom stereocenters. The number of carbonyl (C=O) groups is 2. The molecule has 0 radical (unpaired) electrons. The first kappa shape index (κ1) is 18.6. The molecule has 0 aliphatic carbocycles. The van der Waals surface area contributed by atoms with Gasteiger partial charge in [0, 0.05) is 26.2 Å². The number of primary amides is 1. The summed E-state index contributed by atoms with van der Waals surface area (Å²) in [6, 6.07) is 6.00. The summed E-state index contributed by atoms with van der Waals surface area (Å²) in [4.78, 5) is 27.1. The van der Waals surface area contributed by atoms with Crippen LogP contribution in [0.4, 0.5) is 9.52 Å². The van der Waals surface area contributed by atoms with Crippen molar-refractivity contribution in [3.05, 3.63) is 35.6 Å². The molecule has 2 N–H and O–H groups in total. The van der Waals surface area contributed by atoms with E-state index >= 15 is 0 Å². The molecule has 26 heavy (non-hydrogen) atoms. The number of piperazine rings is 1. The standard InChI is InChI=1S/C16H18FN5O2S2/c17-12-3-1-11(2-4-12)9-14(24)21-5-7-22(8-6-21)15-19-20-16(26-15)25-10-13(18)23/h1-4H,5-10H2,(H2,18,23). The van der Waals surface area contributed by atoms with Crippen molar-refractivity contribution in [1.82, 2.24) is 15.1 Å². The maximum atomic E-state index is 12.9. The first-order valence-corrected chi connectivity index (χ1v) is 9.83. The van der Waals surface area contributed by atoms with E-state index in [4.69, 9.17) is 5.73 Å². The molecule has 1 aliphatic heterocycles. The minimum absolute atomic E-state index is 0.0335. The Labute approximate surface area is 158 Å². The number of carbonyl (C=O) groups excluding carboxylic acids is 2. The van der Waals surface area contributed by atoms with Gasteiger partial charge in [0.15, 0.2) is 4.34 Å². The SMILES string of the molecule is NC(=O)CSc1nnc(N2CCN(C(=O)Cc3ccc(F)cc3)CC2)s1. The number of aromatic nitrogens is 2. The van der Waals surface area contributed by atoms with Gasteiger partial charge in [-0.25, -0.2) is 4.39 Å². The molecule has 2 aromatic rings. The van der Waals surface area contributed by atoms with Gasteiger partial charge in [-0.15, -0.1) is 10.2 Å². The van der Waals surface area contributed by atoms with Crippen molar-refractivity contribution < 1.29 is 14.0 Å². The topological polar surface area (TPSA) is 92.4 Å². The van der Waals surface area contributed by atoms with Crippen LogP contribution in [0.3, 0.4) is 0 Å². The number of hydrogen-bond acceptors (Lipinski definition) is 7. The van der Waals surface area contributed by atoms with Gasteiger partial charge in [-0.1, -0.05) is 35.2 Å². The van der Waals surface area contributed by atoms with Gasteiger partial charge in [-0.05, 0) is 17.7 Å². The fourth-order valence-corrected chi connectivity index (χ4v) is 4.19. The quantitative estimate of drug-likeness (QED) is 0.738. The average molecular weight is 395 g/mol. The van der Waals surface area contributed by atoms with E-state index in [9.17, 15) is 14.0 Å². The molecular weight excluding hydrogens is 377 g/mol. The third kappa shape index (κ3) is 4.92. The normalized spacial score (nSPS) is 14.5. The lowest BCUT2D eigenvalue weighted by Crippen LogP contribution is -2.49. The van der Waals surface area contributed by atoms with Crippen LogP contribution >= 0.6 is 23.1 Å². The molecule has 1 aromatic heterocycles. The van der Waals surface area contributed by atoms with E-state index in [1.165, 1.54) is 35.2 Å². The molecular formula is C16H18FN5O2S2. The highest BCUT2D eigenvalue weighted by molar-refractivity contribution is 8.01. The Morgan fingerprint density at radius 3 is 2.50 bits per heavy atom. The molecule has 2 amide bonds. The highest BCUT2D eigenvalue weighted by atomic mass is 32.2. The van der Waals surface area contributed by atoms with Gasteiger partial charge in [0.1, 0.15) is 5.82 Å². The zero-order chi connectivity index (χ0) is 18.5. The number of hydrogen-bond donors (Lipinski definition) is 1. The van der Waals surface area contributed by atoms with Crippen LogP contribution < -0.4 is 10.6 Å². The van der Waals surface area contributed by atoms with E-state index in [0.29, 0.717) is 30.5 Å². The number of nitrogens with two attached hydrogens (primary N) is 1. The van der Waals surface area contributed by atoms with E-state index < -0.39 is 0 Å². The van der Waals surface area contributed by atoms with Crippen molar-refractivity contribution in [3.8, 4) is 0 Å². The van der Waals surface area contributed by atoms with Gasteiger partial charge in [0.05, 0.1) is 12.2 Å². The van der Waals surface area contributed by atoms with Gasteiger partial charge >= 0.3 is 0 Å². The molecule has 1 aliphatic rings. The fourth-order valence-electron chi connectivity index (χ4n) is 2.56. The van der Waals surface area contributed by atoms with Crippen molar-refractivity contribution in [2.45, 2.75) is 10.8 Å². The Morgan fingerprint density at radius 1 is 1.15 bits per heavy atom. The van der Waals surface area contributed by atoms with Crippen molar-refractivity contribution >= 4 is 40.0 Å². The van der Waals surface area contributed by atoms with Gasteiger partial charge in [0.2, 0.25) is 16.9 Å². The molecule has 0 saturated carbocycles. The number of amides is 2. The van der Waals surface area contributed by atoms with E-state index in [1.807, 2.05) is 4.90 Å². The second kappa shape index (κ2) is 8.45. The lowest BCUT2D eigenvalue weighted by Gasteiger charge is -2.34. The first-order chi connectivity index (χ1) is 12.5. The second-order valence-electron chi connectivity index (χ2n) is 5.78. The average Bonchev–Trinajstić information content (AvgIpc) is 3.11. The Morgan fingerprint density at radius 2 is 1.85 bits per heavy atom. The Hall–Kier alpha value is -2.20. The number of nitrogens with zero attached hydrogens (tertiary/aromatic N) is 4. The first-order valence-electron chi connectivity index (χ1n) is 8.03. The molecule has 1 aromatic carbocycles. The van der Waals surface area contributed by atoms with Crippen LogP contribution in [0.5, 0.6) is 0 Å². The maximum Gasteiger partial charge on any atom is 0.227 e. The minimum atomic E-state index is -0.389. The van der Waals surface area contributed by atoms with Crippen LogP contribution in [0.1, 0.15) is 5.56 Å². The van der Waals surface area contributed by atoms with Crippen molar-refractivity contribution in [3.63, 3.8) is 0 Å². The van der Waals surface area contributed by atoms with E-state index in [0.717, 1.165) is 10.7 Å². The molecule has 2 heterocycles. The number of benzene rings is 1. The number of anilines is 1. The second-order valence-corrected chi connectivity index (χ2v) is 7.96. The van der Waals surface area contributed by atoms with Gasteiger partial charge in [-0.2, -0.15) is 0 Å². The van der Waals surface area contributed by atoms with Gasteiger partial charge in [-0.3, -0.25) is 9.59 Å². The zero-order valence-corrected chi connectivity index (χ0v) is 15.6. The maximum absolute atomic E-state index is 12.9. The Bertz CT molecular complexity index is 775. The summed E-state index contributed by atoms with van der Waals surface area (Å²) in [5.74, 6) is -0.480. The molecule has 1 saturated heterocycles. The van der Waals surface area contributed by atoms with E-state index in [2.05, 4.69) is 15.1 Å². The van der Waals surface area contributed by atoms with Crippen LogP contribution in [-0.2, 0) is 16.0 Å². The summed E-state index contributed by atoms with van der Waals surface area (Å²) in [6.45, 7) is 2.54. The van der Waals surface area contributed by atoms with Crippen molar-refractivity contribution in [1.29, 1.82) is 0 Å². The third-order valence-corrected chi connectivity index (χ3v) is 6.04. The van der Waals surface area contributed by atoms with Crippen molar-refractivity contribution in [2.75, 3.05) is 36.8 Å². The summed E-state index contributed by atoms with van der Waals surface area (Å²) >= 11 is 2.69. The predicted molar refractivity (Wildman–Crippen MR) is 98.7 cm³/mol. The third-order valence-electron chi connectivity index (χ3n) is 3.91. The monoisotopic (exact) mass is 395 g/mol. The Balaban J connectivity index is 1.50. The lowest BCUT2D eigenvalue weighted by atomic mass is 10.1. The van der Waals surface area contributed by atoms with Gasteiger partial charge < -0.3 is 15.5 Å². The summed E-state index contributed by atoms with van der Waals surface area (Å²) in [6.07, 6.45) is 0.271. The molecule has 1 fully saturated rings. The Kier molecular flexibility index (Phi) is 6.04. The number of rotatable bonds is 6. The summed E-state index contributed by atoms with van der Waals surface area (Å²) in [7, 11) is 0. The summed E-state index contributed by atoms with van der Waals surface area (Å²) in [5, 5.41) is 8.98. The molecule has 10 heteroatoms. The van der Waals surface area contributed by atoms with Crippen LogP contribution in [0.15, 0.2) is 28.6 Å². The van der Waals surface area contributed by atoms with E-state index in [-0.39, 0.29) is 29.8 Å². The fraction of sp³-hybridized carbons (Fsp3) is 0.375. The van der Waals surface area contributed by atoms with Gasteiger partial charge in [0.25, 0.3) is 0 Å². The highest BCUT2D eigenvalue weighted by Gasteiger charge is 2.23. The van der Waals surface area contributed by atoms with Crippen LogP contribution in [0.2, 0.25) is 0 Å². The largest absolute Gasteiger partial charge is 0.369 e. The summed E-state index contributed by atoms with van der Waals surface area (Å²) < 4.78 is 13.6. The number of halogens is 1. The number of thioether (sulfide) groups is 1. The van der Waals surface area contributed by atoms with E-state index in [1.54, 1.807) is 12.1 Å². The smallest absolute Gasteiger partial charge is 0.227 e. The minimum Gasteiger partial charge on any atom is -0.369 e. The molecule has 0 bridgehead atoms.